The zero-order valence-corrected chi connectivity index (χ0v) is 19.0. The standard InChI is InChI=1S/C25H26N4O4/c1-15-12-19(17(3)29(15)22-13-16(2)33-27-22)21(30)14-28-23(31)25(26-24(28)32)11-7-6-9-18-8-4-5-10-20(18)25/h4-5,8,10,12-13H,6-7,9,11,14H2,1-3H3,(H,26,32)/t25-/m1/s1. The van der Waals surface area contributed by atoms with E-state index in [1.807, 2.05) is 42.7 Å². The molecule has 1 spiro atoms. The molecule has 1 atom stereocenters. The van der Waals surface area contributed by atoms with Crippen LogP contribution >= 0.6 is 0 Å². The molecule has 2 aromatic heterocycles. The fourth-order valence-electron chi connectivity index (χ4n) is 5.20. The fourth-order valence-corrected chi connectivity index (χ4v) is 5.20. The van der Waals surface area contributed by atoms with Gasteiger partial charge in [-0.05, 0) is 63.6 Å². The number of Topliss-reactive ketones (excluding diaryl/α,β-unsaturated/α-hetero) is 1. The molecule has 1 aliphatic heterocycles. The van der Waals surface area contributed by atoms with Gasteiger partial charge in [0.2, 0.25) is 0 Å². The summed E-state index contributed by atoms with van der Waals surface area (Å²) in [6.45, 7) is 5.19. The van der Waals surface area contributed by atoms with Crippen molar-refractivity contribution >= 4 is 17.7 Å². The molecule has 0 unspecified atom stereocenters. The third kappa shape index (κ3) is 3.28. The average Bonchev–Trinajstić information content (AvgIpc) is 3.36. The van der Waals surface area contributed by atoms with Gasteiger partial charge < -0.3 is 9.84 Å². The van der Waals surface area contributed by atoms with Gasteiger partial charge in [-0.1, -0.05) is 29.4 Å². The second-order valence-corrected chi connectivity index (χ2v) is 8.93. The molecule has 3 amide bonds. The highest BCUT2D eigenvalue weighted by Crippen LogP contribution is 2.39. The molecule has 3 heterocycles. The van der Waals surface area contributed by atoms with Crippen molar-refractivity contribution in [3.8, 4) is 5.82 Å². The largest absolute Gasteiger partial charge is 0.360 e. The van der Waals surface area contributed by atoms with Crippen molar-refractivity contribution in [1.29, 1.82) is 0 Å². The van der Waals surface area contributed by atoms with Crippen LogP contribution in [-0.4, -0.2) is 38.9 Å². The minimum absolute atomic E-state index is 0.294. The lowest BCUT2D eigenvalue weighted by Crippen LogP contribution is -2.44. The van der Waals surface area contributed by atoms with Gasteiger partial charge in [-0.3, -0.25) is 19.1 Å². The average molecular weight is 447 g/mol. The molecule has 0 saturated carbocycles. The van der Waals surface area contributed by atoms with Crippen LogP contribution < -0.4 is 5.32 Å². The van der Waals surface area contributed by atoms with Crippen LogP contribution in [0.4, 0.5) is 4.79 Å². The Balaban J connectivity index is 1.45. The van der Waals surface area contributed by atoms with Crippen LogP contribution in [0.1, 0.15) is 57.9 Å². The van der Waals surface area contributed by atoms with Gasteiger partial charge in [0.1, 0.15) is 11.3 Å². The third-order valence-electron chi connectivity index (χ3n) is 6.78. The zero-order chi connectivity index (χ0) is 23.3. The number of amides is 3. The molecule has 1 fully saturated rings. The summed E-state index contributed by atoms with van der Waals surface area (Å²) in [4.78, 5) is 40.9. The van der Waals surface area contributed by atoms with E-state index in [9.17, 15) is 14.4 Å². The number of aryl methyl sites for hydroxylation is 3. The maximum absolute atomic E-state index is 13.6. The van der Waals surface area contributed by atoms with Crippen molar-refractivity contribution in [1.82, 2.24) is 19.9 Å². The van der Waals surface area contributed by atoms with Gasteiger partial charge in [0.05, 0.1) is 6.54 Å². The third-order valence-corrected chi connectivity index (χ3v) is 6.78. The lowest BCUT2D eigenvalue weighted by molar-refractivity contribution is -0.131. The minimum Gasteiger partial charge on any atom is -0.360 e. The van der Waals surface area contributed by atoms with Gasteiger partial charge >= 0.3 is 6.03 Å². The minimum atomic E-state index is -1.10. The SMILES string of the molecule is Cc1cc(-n2c(C)cc(C(=O)CN3C(=O)N[C@@]4(CCCCc5ccccc54)C3=O)c2C)no1. The number of hydrogen-bond acceptors (Lipinski definition) is 5. The molecule has 1 N–H and O–H groups in total. The molecular formula is C25H26N4O4. The normalized spacial score (nSPS) is 20.2. The Hall–Kier alpha value is -3.68. The number of ketones is 1. The molecule has 1 saturated heterocycles. The highest BCUT2D eigenvalue weighted by molar-refractivity contribution is 6.11. The first-order valence-corrected chi connectivity index (χ1v) is 11.2. The summed E-state index contributed by atoms with van der Waals surface area (Å²) in [5.41, 5.74) is 2.78. The Kier molecular flexibility index (Phi) is 4.96. The first-order chi connectivity index (χ1) is 15.8. The predicted octanol–water partition coefficient (Wildman–Crippen LogP) is 3.75. The Morgan fingerprint density at radius 3 is 2.70 bits per heavy atom. The summed E-state index contributed by atoms with van der Waals surface area (Å²) in [6.07, 6.45) is 3.17. The summed E-state index contributed by atoms with van der Waals surface area (Å²) in [5, 5.41) is 6.98. The number of aromatic nitrogens is 2. The van der Waals surface area contributed by atoms with Gasteiger partial charge in [0.25, 0.3) is 5.91 Å². The zero-order valence-electron chi connectivity index (χ0n) is 19.0. The number of rotatable bonds is 4. The number of hydrogen-bond donors (Lipinski definition) is 1. The van der Waals surface area contributed by atoms with Crippen molar-refractivity contribution in [2.45, 2.75) is 52.0 Å². The Labute approximate surface area is 191 Å². The van der Waals surface area contributed by atoms with Crippen molar-refractivity contribution in [2.75, 3.05) is 6.54 Å². The van der Waals surface area contributed by atoms with Gasteiger partial charge in [-0.25, -0.2) is 4.79 Å². The van der Waals surface area contributed by atoms with E-state index in [1.54, 1.807) is 19.1 Å². The van der Waals surface area contributed by atoms with Crippen molar-refractivity contribution in [3.05, 3.63) is 70.2 Å². The van der Waals surface area contributed by atoms with Gasteiger partial charge in [-0.15, -0.1) is 0 Å². The summed E-state index contributed by atoms with van der Waals surface area (Å²) < 4.78 is 7.01. The lowest BCUT2D eigenvalue weighted by Gasteiger charge is -2.27. The van der Waals surface area contributed by atoms with E-state index in [-0.39, 0.29) is 18.2 Å². The molecule has 0 radical (unpaired) electrons. The number of benzene rings is 1. The van der Waals surface area contributed by atoms with E-state index in [0.29, 0.717) is 29.3 Å². The van der Waals surface area contributed by atoms with Crippen LogP contribution in [0.3, 0.4) is 0 Å². The van der Waals surface area contributed by atoms with Gasteiger partial charge in [-0.2, -0.15) is 0 Å². The molecule has 0 bridgehead atoms. The Bertz CT molecular complexity index is 1290. The Morgan fingerprint density at radius 1 is 1.15 bits per heavy atom. The highest BCUT2D eigenvalue weighted by atomic mass is 16.5. The van der Waals surface area contributed by atoms with E-state index in [4.69, 9.17) is 4.52 Å². The van der Waals surface area contributed by atoms with E-state index < -0.39 is 11.6 Å². The molecule has 1 aromatic carbocycles. The quantitative estimate of drug-likeness (QED) is 0.486. The maximum Gasteiger partial charge on any atom is 0.325 e. The first-order valence-electron chi connectivity index (χ1n) is 11.2. The number of fused-ring (bicyclic) bond motifs is 2. The summed E-state index contributed by atoms with van der Waals surface area (Å²) in [6, 6.07) is 10.8. The molecule has 8 heteroatoms. The van der Waals surface area contributed by atoms with Crippen molar-refractivity contribution in [3.63, 3.8) is 0 Å². The lowest BCUT2D eigenvalue weighted by atomic mass is 9.84. The number of carbonyl (C=O) groups excluding carboxylic acids is 3. The van der Waals surface area contributed by atoms with Crippen LogP contribution in [0.15, 0.2) is 40.9 Å². The van der Waals surface area contributed by atoms with Gasteiger partial charge in [0.15, 0.2) is 11.6 Å². The van der Waals surface area contributed by atoms with Crippen molar-refractivity contribution in [2.24, 2.45) is 0 Å². The van der Waals surface area contributed by atoms with Crippen LogP contribution in [0.2, 0.25) is 0 Å². The van der Waals surface area contributed by atoms with Crippen LogP contribution in [0.5, 0.6) is 0 Å². The first kappa shape index (κ1) is 21.2. The summed E-state index contributed by atoms with van der Waals surface area (Å²) >= 11 is 0. The molecule has 2 aliphatic rings. The number of nitrogens with one attached hydrogen (secondary N) is 1. The van der Waals surface area contributed by atoms with E-state index >= 15 is 0 Å². The number of imide groups is 1. The monoisotopic (exact) mass is 446 g/mol. The number of urea groups is 1. The van der Waals surface area contributed by atoms with Crippen LogP contribution in [-0.2, 0) is 16.8 Å². The molecular weight excluding hydrogens is 420 g/mol. The maximum atomic E-state index is 13.6. The van der Waals surface area contributed by atoms with Crippen molar-refractivity contribution < 1.29 is 18.9 Å². The second-order valence-electron chi connectivity index (χ2n) is 8.93. The topological polar surface area (TPSA) is 97.4 Å². The summed E-state index contributed by atoms with van der Waals surface area (Å²) in [5.74, 6) is 0.609. The molecule has 8 nitrogen and oxygen atoms in total. The molecule has 1 aliphatic carbocycles. The second kappa shape index (κ2) is 7.72. The fraction of sp³-hybridized carbons (Fsp3) is 0.360. The predicted molar refractivity (Wildman–Crippen MR) is 120 cm³/mol. The molecule has 170 valence electrons. The molecule has 33 heavy (non-hydrogen) atoms. The van der Waals surface area contributed by atoms with E-state index in [1.165, 1.54) is 0 Å². The van der Waals surface area contributed by atoms with E-state index in [2.05, 4.69) is 10.5 Å². The van der Waals surface area contributed by atoms with Crippen LogP contribution in [0, 0.1) is 20.8 Å². The molecule has 5 rings (SSSR count). The van der Waals surface area contributed by atoms with E-state index in [0.717, 1.165) is 41.0 Å². The molecule has 3 aromatic rings. The highest BCUT2D eigenvalue weighted by Gasteiger charge is 2.53. The van der Waals surface area contributed by atoms with Crippen LogP contribution in [0.25, 0.3) is 5.82 Å². The Morgan fingerprint density at radius 2 is 1.94 bits per heavy atom. The number of carbonyl (C=O) groups is 3. The summed E-state index contributed by atoms with van der Waals surface area (Å²) in [7, 11) is 0. The van der Waals surface area contributed by atoms with Gasteiger partial charge in [0, 0.05) is 23.0 Å². The smallest absolute Gasteiger partial charge is 0.325 e. The number of nitrogens with zero attached hydrogens (tertiary/aromatic N) is 3.